The van der Waals surface area contributed by atoms with Gasteiger partial charge in [0.1, 0.15) is 4.91 Å². The molecule has 0 aromatic heterocycles. The van der Waals surface area contributed by atoms with Gasteiger partial charge in [-0.05, 0) is 18.2 Å². The van der Waals surface area contributed by atoms with E-state index in [0.717, 1.165) is 0 Å². The molecule has 0 aromatic carbocycles. The first-order valence-corrected chi connectivity index (χ1v) is 5.48. The average molecular weight is 210 g/mol. The number of hydrogen-bond donors (Lipinski definition) is 0. The molecule has 2 aliphatic rings. The Kier molecular flexibility index (Phi) is 2.05. The summed E-state index contributed by atoms with van der Waals surface area (Å²) in [6, 6.07) is 0. The molecule has 1 radical (unpaired) electrons. The minimum atomic E-state index is -4.38. The van der Waals surface area contributed by atoms with Crippen molar-refractivity contribution in [2.24, 2.45) is 0 Å². The molecule has 0 spiro atoms. The van der Waals surface area contributed by atoms with Crippen LogP contribution in [-0.2, 0) is 14.7 Å². The Morgan fingerprint density at radius 1 is 1.21 bits per heavy atom. The molecular weight excluding hydrogens is 202 g/mol. The number of rotatable bonds is 1. The lowest BCUT2D eigenvalue weighted by molar-refractivity contribution is 0.419. The van der Waals surface area contributed by atoms with Crippen LogP contribution in [0.3, 0.4) is 0 Å². The summed E-state index contributed by atoms with van der Waals surface area (Å²) in [5.41, 5.74) is 0.449. The summed E-state index contributed by atoms with van der Waals surface area (Å²) in [6.07, 6.45) is 9.86. The molecule has 0 amide bonds. The molecule has 0 bridgehead atoms. The van der Waals surface area contributed by atoms with Gasteiger partial charge in [-0.15, -0.1) is 0 Å². The first-order valence-electron chi connectivity index (χ1n) is 4.07. The van der Waals surface area contributed by atoms with Gasteiger partial charge in [-0.3, -0.25) is 0 Å². The van der Waals surface area contributed by atoms with Gasteiger partial charge in [0.05, 0.1) is 5.70 Å². The van der Waals surface area contributed by atoms with E-state index in [1.807, 2.05) is 0 Å². The van der Waals surface area contributed by atoms with Gasteiger partial charge in [0.25, 0.3) is 0 Å². The largest absolute Gasteiger partial charge is 0.343 e. The van der Waals surface area contributed by atoms with Crippen LogP contribution in [0.15, 0.2) is 47.2 Å². The van der Waals surface area contributed by atoms with Crippen LogP contribution in [0.1, 0.15) is 0 Å². The van der Waals surface area contributed by atoms with Gasteiger partial charge in [-0.25, -0.2) is 0 Å². The third kappa shape index (κ3) is 1.51. The van der Waals surface area contributed by atoms with Gasteiger partial charge in [-0.2, -0.15) is 8.42 Å². The molecule has 14 heavy (non-hydrogen) atoms. The molecule has 0 N–H and O–H groups in total. The smallest absolute Gasteiger partial charge is 0.326 e. The van der Waals surface area contributed by atoms with Gasteiger partial charge in [0.15, 0.2) is 0 Å². The molecule has 2 heterocycles. The first kappa shape index (κ1) is 9.23. The molecule has 0 saturated heterocycles. The summed E-state index contributed by atoms with van der Waals surface area (Å²) >= 11 is 0. The lowest BCUT2D eigenvalue weighted by Crippen LogP contribution is -2.23. The zero-order chi connectivity index (χ0) is 10.2. The Labute approximate surface area is 82.3 Å². The maximum absolute atomic E-state index is 10.9. The number of fused-ring (bicyclic) bond motifs is 1. The van der Waals surface area contributed by atoms with Crippen molar-refractivity contribution in [1.29, 1.82) is 0 Å². The van der Waals surface area contributed by atoms with E-state index in [0.29, 0.717) is 12.2 Å². The Morgan fingerprint density at radius 2 is 2.00 bits per heavy atom. The van der Waals surface area contributed by atoms with Crippen LogP contribution >= 0.6 is 0 Å². The Balaban J connectivity index is 2.58. The fourth-order valence-corrected chi connectivity index (χ4v) is 2.13. The third-order valence-corrected chi connectivity index (χ3v) is 2.92. The van der Waals surface area contributed by atoms with Crippen LogP contribution in [0, 0.1) is 0 Å². The van der Waals surface area contributed by atoms with E-state index in [1.165, 1.54) is 6.08 Å². The molecule has 0 fully saturated rings. The maximum atomic E-state index is 10.9. The highest BCUT2D eigenvalue weighted by atomic mass is 32.2. The van der Waals surface area contributed by atoms with Crippen molar-refractivity contribution in [3.05, 3.63) is 47.2 Å². The van der Waals surface area contributed by atoms with E-state index >= 15 is 0 Å². The molecule has 0 saturated carbocycles. The van der Waals surface area contributed by atoms with E-state index in [4.69, 9.17) is 0 Å². The van der Waals surface area contributed by atoms with Gasteiger partial charge in [0.2, 0.25) is 0 Å². The Morgan fingerprint density at radius 3 is 2.71 bits per heavy atom. The summed E-state index contributed by atoms with van der Waals surface area (Å²) in [4.78, 5) is 1.55. The summed E-state index contributed by atoms with van der Waals surface area (Å²) in [5.74, 6) is 0. The van der Waals surface area contributed by atoms with Crippen LogP contribution in [0.4, 0.5) is 0 Å². The van der Waals surface area contributed by atoms with Gasteiger partial charge >= 0.3 is 10.1 Å². The van der Waals surface area contributed by atoms with E-state index < -0.39 is 10.1 Å². The summed E-state index contributed by atoms with van der Waals surface area (Å²) < 4.78 is 32.7. The van der Waals surface area contributed by atoms with Crippen LogP contribution in [0.2, 0.25) is 0 Å². The van der Waals surface area contributed by atoms with E-state index in [9.17, 15) is 13.0 Å². The van der Waals surface area contributed by atoms with Crippen molar-refractivity contribution in [1.82, 2.24) is 4.90 Å². The predicted octanol–water partition coefficient (Wildman–Crippen LogP) is 0.914. The van der Waals surface area contributed by atoms with Gasteiger partial charge in [0, 0.05) is 12.7 Å². The van der Waals surface area contributed by atoms with E-state index in [-0.39, 0.29) is 4.91 Å². The third-order valence-electron chi connectivity index (χ3n) is 2.03. The maximum Gasteiger partial charge on any atom is 0.326 e. The first-order chi connectivity index (χ1) is 6.59. The minimum absolute atomic E-state index is 0.163. The second-order valence-corrected chi connectivity index (χ2v) is 4.31. The zero-order valence-corrected chi connectivity index (χ0v) is 8.07. The standard InChI is InChI=1S/C9H8NO3S/c11-14(12,13)9-5-3-7-10-6-2-1-4-8(9)10/h1-6H,7H2. The Bertz CT molecular complexity index is 468. The monoisotopic (exact) mass is 210 g/mol. The summed E-state index contributed by atoms with van der Waals surface area (Å²) in [6.45, 7) is 0.592. The van der Waals surface area contributed by atoms with E-state index in [1.54, 1.807) is 35.4 Å². The molecule has 0 aliphatic carbocycles. The van der Waals surface area contributed by atoms with E-state index in [2.05, 4.69) is 0 Å². The van der Waals surface area contributed by atoms with Crippen molar-refractivity contribution < 1.29 is 13.0 Å². The quantitative estimate of drug-likeness (QED) is 0.646. The highest BCUT2D eigenvalue weighted by Gasteiger charge is 2.23. The molecule has 73 valence electrons. The topological polar surface area (TPSA) is 57.3 Å². The number of allylic oxidation sites excluding steroid dienone is 4. The fourth-order valence-electron chi connectivity index (χ4n) is 1.43. The van der Waals surface area contributed by atoms with Crippen molar-refractivity contribution in [3.8, 4) is 0 Å². The van der Waals surface area contributed by atoms with Crippen LogP contribution < -0.4 is 0 Å². The summed E-state index contributed by atoms with van der Waals surface area (Å²) in [5, 5.41) is 0. The normalized spacial score (nSPS) is 20.2. The molecule has 2 aliphatic heterocycles. The zero-order valence-electron chi connectivity index (χ0n) is 7.25. The van der Waals surface area contributed by atoms with Crippen LogP contribution in [-0.4, -0.2) is 19.9 Å². The number of hydrogen-bond acceptors (Lipinski definition) is 3. The second-order valence-electron chi connectivity index (χ2n) is 2.96. The number of nitrogens with zero attached hydrogens (tertiary/aromatic N) is 1. The van der Waals surface area contributed by atoms with Crippen molar-refractivity contribution in [2.45, 2.75) is 0 Å². The molecule has 0 unspecified atom stereocenters. The highest BCUT2D eigenvalue weighted by molar-refractivity contribution is 7.89. The van der Waals surface area contributed by atoms with Crippen LogP contribution in [0.5, 0.6) is 0 Å². The molecule has 0 aromatic rings. The molecular formula is C9H8NO3S. The summed E-state index contributed by atoms with van der Waals surface area (Å²) in [7, 11) is -4.38. The lowest BCUT2D eigenvalue weighted by atomic mass is 10.2. The van der Waals surface area contributed by atoms with Gasteiger partial charge < -0.3 is 4.90 Å². The molecule has 5 heteroatoms. The second kappa shape index (κ2) is 3.11. The SMILES string of the molecule is [O]S(=O)(=O)C1=C2C=CC=CN2CC=C1. The highest BCUT2D eigenvalue weighted by Crippen LogP contribution is 2.24. The molecule has 4 nitrogen and oxygen atoms in total. The Hall–Kier alpha value is -1.33. The molecule has 2 rings (SSSR count). The van der Waals surface area contributed by atoms with Crippen molar-refractivity contribution in [3.63, 3.8) is 0 Å². The van der Waals surface area contributed by atoms with Crippen LogP contribution in [0.25, 0.3) is 0 Å². The predicted molar refractivity (Wildman–Crippen MR) is 50.8 cm³/mol. The fraction of sp³-hybridized carbons (Fsp3) is 0.111. The van der Waals surface area contributed by atoms with Crippen molar-refractivity contribution in [2.75, 3.05) is 6.54 Å². The average Bonchev–Trinajstić information content (AvgIpc) is 2.15. The minimum Gasteiger partial charge on any atom is -0.343 e. The lowest BCUT2D eigenvalue weighted by Gasteiger charge is -2.26. The van der Waals surface area contributed by atoms with Crippen molar-refractivity contribution >= 4 is 10.1 Å². The molecule has 0 atom stereocenters. The van der Waals surface area contributed by atoms with Gasteiger partial charge in [-0.1, -0.05) is 16.7 Å².